The first-order chi connectivity index (χ1) is 13.6. The van der Waals surface area contributed by atoms with Crippen LogP contribution in [0.2, 0.25) is 0 Å². The maximum absolute atomic E-state index is 12.9. The topological polar surface area (TPSA) is 54.0 Å². The van der Waals surface area contributed by atoms with Gasteiger partial charge in [-0.25, -0.2) is 4.79 Å². The van der Waals surface area contributed by atoms with Gasteiger partial charge in [0.15, 0.2) is 0 Å². The van der Waals surface area contributed by atoms with Crippen LogP contribution in [0.4, 0.5) is 8.78 Å². The van der Waals surface area contributed by atoms with E-state index in [1.165, 1.54) is 36.4 Å². The van der Waals surface area contributed by atoms with Crippen molar-refractivity contribution in [3.05, 3.63) is 91.0 Å². The highest BCUT2D eigenvalue weighted by Gasteiger charge is 2.47. The number of hydrogen-bond donors (Lipinski definition) is 0. The molecule has 0 aliphatic heterocycles. The molecule has 5 nitrogen and oxygen atoms in total. The van der Waals surface area contributed by atoms with Gasteiger partial charge < -0.3 is 18.9 Å². The van der Waals surface area contributed by atoms with Gasteiger partial charge in [0, 0.05) is 0 Å². The Morgan fingerprint density at radius 1 is 0.643 bits per heavy atom. The van der Waals surface area contributed by atoms with E-state index in [2.05, 4.69) is 0 Å². The van der Waals surface area contributed by atoms with Gasteiger partial charge in [-0.3, -0.25) is 0 Å². The van der Waals surface area contributed by atoms with Crippen molar-refractivity contribution in [2.24, 2.45) is 0 Å². The lowest BCUT2D eigenvalue weighted by Crippen LogP contribution is -2.53. The summed E-state index contributed by atoms with van der Waals surface area (Å²) in [7, 11) is 0. The molecule has 3 rings (SSSR count). The Morgan fingerprint density at radius 3 is 1.25 bits per heavy atom. The van der Waals surface area contributed by atoms with Crippen molar-refractivity contribution in [3.63, 3.8) is 0 Å². The molecule has 0 heterocycles. The smallest absolute Gasteiger partial charge is 0.386 e. The van der Waals surface area contributed by atoms with E-state index in [-0.39, 0.29) is 17.2 Å². The summed E-state index contributed by atoms with van der Waals surface area (Å²) in [6, 6.07) is 24.3. The van der Waals surface area contributed by atoms with Gasteiger partial charge in [-0.1, -0.05) is 54.6 Å². The fraction of sp³-hybridized carbons (Fsp3) is 0.0952. The number of ether oxygens (including phenoxy) is 4. The number of carbonyl (C=O) groups is 1. The Hall–Kier alpha value is -3.61. The van der Waals surface area contributed by atoms with Crippen molar-refractivity contribution >= 4 is 5.97 Å². The van der Waals surface area contributed by atoms with Crippen LogP contribution in [0.5, 0.6) is 17.2 Å². The van der Waals surface area contributed by atoms with E-state index in [9.17, 15) is 13.6 Å². The fourth-order valence-corrected chi connectivity index (χ4v) is 2.19. The number of halogens is 2. The molecule has 0 fully saturated rings. The van der Waals surface area contributed by atoms with Crippen molar-refractivity contribution in [2.75, 3.05) is 0 Å². The highest BCUT2D eigenvalue weighted by atomic mass is 19.3. The number of rotatable bonds is 8. The second kappa shape index (κ2) is 8.85. The molecule has 144 valence electrons. The lowest BCUT2D eigenvalue weighted by Gasteiger charge is -2.31. The van der Waals surface area contributed by atoms with E-state index in [0.717, 1.165) is 0 Å². The van der Waals surface area contributed by atoms with E-state index in [4.69, 9.17) is 18.9 Å². The first-order valence-corrected chi connectivity index (χ1v) is 8.29. The minimum absolute atomic E-state index is 0.177. The summed E-state index contributed by atoms with van der Waals surface area (Å²) in [5.41, 5.74) is 0. The largest absolute Gasteiger partial charge is 0.613 e. The van der Waals surface area contributed by atoms with Crippen LogP contribution in [-0.4, -0.2) is 18.6 Å². The van der Waals surface area contributed by atoms with E-state index >= 15 is 0 Å². The minimum atomic E-state index is -3.41. The monoisotopic (exact) mass is 386 g/mol. The Kier molecular flexibility index (Phi) is 6.06. The van der Waals surface area contributed by atoms with Crippen molar-refractivity contribution < 1.29 is 32.5 Å². The summed E-state index contributed by atoms with van der Waals surface area (Å²) >= 11 is 0. The summed E-state index contributed by atoms with van der Waals surface area (Å²) in [5.74, 6) is -1.33. The molecule has 28 heavy (non-hydrogen) atoms. The molecular weight excluding hydrogens is 370 g/mol. The molecule has 0 aromatic heterocycles. The van der Waals surface area contributed by atoms with Gasteiger partial charge in [-0.15, -0.1) is 0 Å². The van der Waals surface area contributed by atoms with Crippen molar-refractivity contribution in [1.29, 1.82) is 0 Å². The predicted octanol–water partition coefficient (Wildman–Crippen LogP) is 4.64. The average Bonchev–Trinajstić information content (AvgIpc) is 2.70. The van der Waals surface area contributed by atoms with Crippen LogP contribution in [0.25, 0.3) is 0 Å². The van der Waals surface area contributed by atoms with Crippen LogP contribution < -0.4 is 14.2 Å². The van der Waals surface area contributed by atoms with E-state index in [1.807, 2.05) is 0 Å². The van der Waals surface area contributed by atoms with Crippen LogP contribution in [0, 0.1) is 0 Å². The fourth-order valence-electron chi connectivity index (χ4n) is 2.19. The summed E-state index contributed by atoms with van der Waals surface area (Å²) in [6.45, 7) is 0. The highest BCUT2D eigenvalue weighted by molar-refractivity contribution is 5.73. The molecule has 3 aromatic rings. The van der Waals surface area contributed by atoms with Gasteiger partial charge in [0.2, 0.25) is 0 Å². The number of benzene rings is 3. The number of hydrogen-bond acceptors (Lipinski definition) is 5. The molecular formula is C21H16F2O5. The maximum atomic E-state index is 12.9. The minimum Gasteiger partial charge on any atom is -0.386 e. The number of alkyl halides is 2. The highest BCUT2D eigenvalue weighted by Crippen LogP contribution is 2.28. The van der Waals surface area contributed by atoms with E-state index < -0.39 is 18.6 Å². The molecule has 0 N–H and O–H groups in total. The average molecular weight is 386 g/mol. The molecule has 3 aromatic carbocycles. The van der Waals surface area contributed by atoms with Crippen LogP contribution in [0.3, 0.4) is 0 Å². The Morgan fingerprint density at radius 2 is 0.964 bits per heavy atom. The Labute approximate surface area is 160 Å². The molecule has 7 heteroatoms. The predicted molar refractivity (Wildman–Crippen MR) is 96.0 cm³/mol. The number of carbonyl (C=O) groups excluding carboxylic acids is 1. The Balaban J connectivity index is 2.01. The van der Waals surface area contributed by atoms with Gasteiger partial charge in [-0.2, -0.15) is 8.78 Å². The summed E-state index contributed by atoms with van der Waals surface area (Å²) in [6.07, 6.45) is -6.02. The quantitative estimate of drug-likeness (QED) is 0.417. The van der Waals surface area contributed by atoms with Gasteiger partial charge in [0.05, 0.1) is 0 Å². The molecule has 0 unspecified atom stereocenters. The second-order valence-electron chi connectivity index (χ2n) is 5.47. The number of para-hydroxylation sites is 3. The van der Waals surface area contributed by atoms with Crippen molar-refractivity contribution in [2.45, 2.75) is 12.6 Å². The van der Waals surface area contributed by atoms with Crippen LogP contribution >= 0.6 is 0 Å². The third-order valence-electron chi connectivity index (χ3n) is 3.36. The summed E-state index contributed by atoms with van der Waals surface area (Å²) < 4.78 is 47.6. The lowest BCUT2D eigenvalue weighted by atomic mass is 10.3. The number of esters is 1. The maximum Gasteiger partial charge on any atom is 0.613 e. The first-order valence-electron chi connectivity index (χ1n) is 8.29. The molecule has 0 radical (unpaired) electrons. The van der Waals surface area contributed by atoms with Gasteiger partial charge >= 0.3 is 18.6 Å². The molecule has 0 saturated carbocycles. The molecule has 0 bridgehead atoms. The van der Waals surface area contributed by atoms with Gasteiger partial charge in [0.25, 0.3) is 0 Å². The summed E-state index contributed by atoms with van der Waals surface area (Å²) in [4.78, 5) is 11.7. The normalized spacial score (nSPS) is 11.0. The summed E-state index contributed by atoms with van der Waals surface area (Å²) in [5, 5.41) is 0. The van der Waals surface area contributed by atoms with Crippen LogP contribution in [0.15, 0.2) is 91.0 Å². The lowest BCUT2D eigenvalue weighted by molar-refractivity contribution is -0.388. The third-order valence-corrected chi connectivity index (χ3v) is 3.36. The van der Waals surface area contributed by atoms with Crippen molar-refractivity contribution in [3.8, 4) is 17.2 Å². The second-order valence-corrected chi connectivity index (χ2v) is 5.47. The third kappa shape index (κ3) is 5.20. The molecule has 0 atom stereocenters. The Bertz CT molecular complexity index is 772. The standard InChI is InChI=1S/C21H16F2O5/c22-19(23)20(24)28-21(25-16-10-4-1-5-11-16,26-17-12-6-2-7-13-17)27-18-14-8-3-9-15-18/h1-15,19H. The zero-order chi connectivity index (χ0) is 19.8. The molecule has 0 amide bonds. The SMILES string of the molecule is O=C(OC(Oc1ccccc1)(Oc1ccccc1)Oc1ccccc1)C(F)F. The van der Waals surface area contributed by atoms with Crippen LogP contribution in [0.1, 0.15) is 0 Å². The zero-order valence-corrected chi connectivity index (χ0v) is 14.5. The van der Waals surface area contributed by atoms with Gasteiger partial charge in [0.1, 0.15) is 17.2 Å². The molecule has 0 saturated heterocycles. The first kappa shape index (κ1) is 19.2. The molecule has 0 aliphatic rings. The van der Waals surface area contributed by atoms with Crippen molar-refractivity contribution in [1.82, 2.24) is 0 Å². The zero-order valence-electron chi connectivity index (χ0n) is 14.5. The van der Waals surface area contributed by atoms with E-state index in [0.29, 0.717) is 0 Å². The van der Waals surface area contributed by atoms with Gasteiger partial charge in [-0.05, 0) is 36.4 Å². The molecule has 0 spiro atoms. The van der Waals surface area contributed by atoms with E-state index in [1.54, 1.807) is 54.6 Å². The van der Waals surface area contributed by atoms with Crippen LogP contribution in [-0.2, 0) is 9.53 Å². The molecule has 0 aliphatic carbocycles.